The third-order valence-electron chi connectivity index (χ3n) is 4.92. The first kappa shape index (κ1) is 20.4. The Hall–Kier alpha value is -2.90. The van der Waals surface area contributed by atoms with Crippen LogP contribution in [0.4, 0.5) is 0 Å². The lowest BCUT2D eigenvalue weighted by Gasteiger charge is -2.31. The van der Waals surface area contributed by atoms with Crippen molar-refractivity contribution < 1.29 is 18.8 Å². The third kappa shape index (κ3) is 4.80. The predicted molar refractivity (Wildman–Crippen MR) is 111 cm³/mol. The maximum absolute atomic E-state index is 12.6. The molecule has 2 aromatic carbocycles. The van der Waals surface area contributed by atoms with Crippen LogP contribution < -0.4 is 4.74 Å². The number of benzene rings is 2. The minimum Gasteiger partial charge on any atom is -0.493 e. The largest absolute Gasteiger partial charge is 0.493 e. The van der Waals surface area contributed by atoms with Crippen LogP contribution in [0, 0.1) is 6.92 Å². The van der Waals surface area contributed by atoms with E-state index in [9.17, 15) is 4.79 Å². The quantitative estimate of drug-likeness (QED) is 0.590. The average molecular weight is 428 g/mol. The van der Waals surface area contributed by atoms with Gasteiger partial charge in [-0.05, 0) is 36.8 Å². The van der Waals surface area contributed by atoms with Crippen molar-refractivity contribution in [1.29, 1.82) is 0 Å². The fourth-order valence-corrected chi connectivity index (χ4v) is 3.40. The number of ether oxygens (including phenoxy) is 2. The highest BCUT2D eigenvalue weighted by molar-refractivity contribution is 6.30. The summed E-state index contributed by atoms with van der Waals surface area (Å²) in [5.74, 6) is 1.58. The molecular weight excluding hydrogens is 406 g/mol. The number of hydrogen-bond donors (Lipinski definition) is 0. The van der Waals surface area contributed by atoms with Crippen LogP contribution in [-0.4, -0.2) is 47.3 Å². The second-order valence-electron chi connectivity index (χ2n) is 7.02. The molecule has 0 N–H and O–H groups in total. The molecule has 0 aliphatic carbocycles. The lowest BCUT2D eigenvalue weighted by Crippen LogP contribution is -2.42. The summed E-state index contributed by atoms with van der Waals surface area (Å²) in [7, 11) is 0. The zero-order valence-corrected chi connectivity index (χ0v) is 17.3. The lowest BCUT2D eigenvalue weighted by molar-refractivity contribution is -0.140. The second-order valence-corrected chi connectivity index (χ2v) is 7.46. The summed E-state index contributed by atoms with van der Waals surface area (Å²) in [6.45, 7) is 3.59. The molecule has 0 saturated carbocycles. The fourth-order valence-electron chi connectivity index (χ4n) is 3.27. The molecule has 1 amide bonds. The maximum Gasteiger partial charge on any atom is 0.257 e. The monoisotopic (exact) mass is 427 g/mol. The van der Waals surface area contributed by atoms with Crippen molar-refractivity contribution in [1.82, 2.24) is 15.0 Å². The Labute approximate surface area is 179 Å². The van der Waals surface area contributed by atoms with E-state index >= 15 is 0 Å². The standard InChI is InChI=1S/C22H22ClN3O4/c1-15-4-2-3-5-18(15)21-24-22(30-25-21)19-14-26(11-13-29-19)20(27)10-12-28-17-8-6-16(23)7-9-17/h2-9,19H,10-14H2,1H3. The minimum atomic E-state index is -0.440. The van der Waals surface area contributed by atoms with Gasteiger partial charge in [-0.25, -0.2) is 0 Å². The van der Waals surface area contributed by atoms with Crippen molar-refractivity contribution in [3.63, 3.8) is 0 Å². The molecule has 4 rings (SSSR count). The first-order valence-electron chi connectivity index (χ1n) is 9.77. The number of carbonyl (C=O) groups is 1. The van der Waals surface area contributed by atoms with Gasteiger partial charge >= 0.3 is 0 Å². The molecule has 0 radical (unpaired) electrons. The molecule has 3 aromatic rings. The summed E-state index contributed by atoms with van der Waals surface area (Å²) in [6.07, 6.45) is -0.168. The van der Waals surface area contributed by atoms with Crippen LogP contribution in [0.2, 0.25) is 5.02 Å². The summed E-state index contributed by atoms with van der Waals surface area (Å²) in [4.78, 5) is 18.8. The lowest BCUT2D eigenvalue weighted by atomic mass is 10.1. The van der Waals surface area contributed by atoms with Crippen LogP contribution in [-0.2, 0) is 9.53 Å². The van der Waals surface area contributed by atoms with Gasteiger partial charge in [0.25, 0.3) is 5.89 Å². The first-order valence-corrected chi connectivity index (χ1v) is 10.2. The minimum absolute atomic E-state index is 0.00379. The van der Waals surface area contributed by atoms with Gasteiger partial charge in [0.2, 0.25) is 11.7 Å². The van der Waals surface area contributed by atoms with Gasteiger partial charge in [0.15, 0.2) is 6.10 Å². The van der Waals surface area contributed by atoms with E-state index in [1.54, 1.807) is 29.2 Å². The predicted octanol–water partition coefficient (Wildman–Crippen LogP) is 4.07. The van der Waals surface area contributed by atoms with Gasteiger partial charge in [0.1, 0.15) is 5.75 Å². The molecule has 30 heavy (non-hydrogen) atoms. The zero-order valence-electron chi connectivity index (χ0n) is 16.6. The summed E-state index contributed by atoms with van der Waals surface area (Å²) in [5.41, 5.74) is 1.97. The van der Waals surface area contributed by atoms with Crippen LogP contribution in [0.25, 0.3) is 11.4 Å². The van der Waals surface area contributed by atoms with E-state index in [2.05, 4.69) is 10.1 Å². The molecule has 1 saturated heterocycles. The number of aryl methyl sites for hydroxylation is 1. The fraction of sp³-hybridized carbons (Fsp3) is 0.318. The Morgan fingerprint density at radius 2 is 2.03 bits per heavy atom. The van der Waals surface area contributed by atoms with E-state index in [4.69, 9.17) is 25.6 Å². The van der Waals surface area contributed by atoms with Crippen molar-refractivity contribution >= 4 is 17.5 Å². The molecule has 0 spiro atoms. The van der Waals surface area contributed by atoms with Gasteiger partial charge in [-0.15, -0.1) is 0 Å². The molecular formula is C22H22ClN3O4. The summed E-state index contributed by atoms with van der Waals surface area (Å²) in [6, 6.07) is 14.9. The highest BCUT2D eigenvalue weighted by Crippen LogP contribution is 2.25. The van der Waals surface area contributed by atoms with E-state index in [1.807, 2.05) is 31.2 Å². The zero-order chi connectivity index (χ0) is 20.9. The molecule has 0 bridgehead atoms. The maximum atomic E-state index is 12.6. The number of amides is 1. The number of carbonyl (C=O) groups excluding carboxylic acids is 1. The van der Waals surface area contributed by atoms with Crippen LogP contribution in [0.3, 0.4) is 0 Å². The Bertz CT molecular complexity index is 1010. The summed E-state index contributed by atoms with van der Waals surface area (Å²) < 4.78 is 16.8. The van der Waals surface area contributed by atoms with Crippen LogP contribution in [0.1, 0.15) is 24.0 Å². The summed E-state index contributed by atoms with van der Waals surface area (Å²) >= 11 is 5.86. The number of hydrogen-bond acceptors (Lipinski definition) is 6. The molecule has 1 atom stereocenters. The Morgan fingerprint density at radius 1 is 1.23 bits per heavy atom. The van der Waals surface area contributed by atoms with E-state index in [0.29, 0.717) is 48.8 Å². The van der Waals surface area contributed by atoms with Gasteiger partial charge < -0.3 is 18.9 Å². The van der Waals surface area contributed by atoms with E-state index in [-0.39, 0.29) is 12.3 Å². The molecule has 156 valence electrons. The topological polar surface area (TPSA) is 77.7 Å². The Morgan fingerprint density at radius 3 is 2.83 bits per heavy atom. The average Bonchev–Trinajstić information content (AvgIpc) is 3.25. The number of nitrogens with zero attached hydrogens (tertiary/aromatic N) is 3. The molecule has 1 aromatic heterocycles. The summed E-state index contributed by atoms with van der Waals surface area (Å²) in [5, 5.41) is 4.73. The molecule has 1 aliphatic heterocycles. The number of morpholine rings is 1. The van der Waals surface area contributed by atoms with Gasteiger partial charge in [-0.1, -0.05) is 41.0 Å². The molecule has 1 aliphatic rings. The van der Waals surface area contributed by atoms with Gasteiger partial charge in [-0.3, -0.25) is 4.79 Å². The highest BCUT2D eigenvalue weighted by Gasteiger charge is 2.29. The van der Waals surface area contributed by atoms with Crippen LogP contribution >= 0.6 is 11.6 Å². The van der Waals surface area contributed by atoms with Crippen molar-refractivity contribution in [2.75, 3.05) is 26.3 Å². The van der Waals surface area contributed by atoms with Gasteiger partial charge in [0.05, 0.1) is 26.2 Å². The van der Waals surface area contributed by atoms with Crippen molar-refractivity contribution in [3.05, 3.63) is 65.0 Å². The van der Waals surface area contributed by atoms with Gasteiger partial charge in [-0.2, -0.15) is 4.98 Å². The van der Waals surface area contributed by atoms with Crippen LogP contribution in [0.5, 0.6) is 5.75 Å². The smallest absolute Gasteiger partial charge is 0.257 e. The second kappa shape index (κ2) is 9.28. The Balaban J connectivity index is 1.33. The molecule has 7 nitrogen and oxygen atoms in total. The van der Waals surface area contributed by atoms with Crippen molar-refractivity contribution in [2.45, 2.75) is 19.4 Å². The number of halogens is 1. The van der Waals surface area contributed by atoms with Crippen molar-refractivity contribution in [3.8, 4) is 17.1 Å². The van der Waals surface area contributed by atoms with Gasteiger partial charge in [0, 0.05) is 17.1 Å². The van der Waals surface area contributed by atoms with E-state index < -0.39 is 6.10 Å². The SMILES string of the molecule is Cc1ccccc1-c1noc(C2CN(C(=O)CCOc3ccc(Cl)cc3)CCO2)n1. The number of aromatic nitrogens is 2. The normalized spacial score (nSPS) is 16.5. The van der Waals surface area contributed by atoms with E-state index in [0.717, 1.165) is 11.1 Å². The highest BCUT2D eigenvalue weighted by atomic mass is 35.5. The molecule has 2 heterocycles. The molecule has 8 heteroatoms. The first-order chi connectivity index (χ1) is 14.6. The number of rotatable bonds is 6. The van der Waals surface area contributed by atoms with Crippen LogP contribution in [0.15, 0.2) is 53.1 Å². The Kier molecular flexibility index (Phi) is 6.30. The van der Waals surface area contributed by atoms with E-state index in [1.165, 1.54) is 0 Å². The molecule has 1 fully saturated rings. The molecule has 1 unspecified atom stereocenters. The third-order valence-corrected chi connectivity index (χ3v) is 5.17. The van der Waals surface area contributed by atoms with Crippen molar-refractivity contribution in [2.24, 2.45) is 0 Å².